The van der Waals surface area contributed by atoms with E-state index in [1.54, 1.807) is 6.07 Å². The van der Waals surface area contributed by atoms with Gasteiger partial charge in [-0.15, -0.1) is 0 Å². The zero-order chi connectivity index (χ0) is 32.9. The van der Waals surface area contributed by atoms with E-state index in [9.17, 15) is 9.59 Å². The molecule has 0 amide bonds. The molecular formula is C42H58O5. The van der Waals surface area contributed by atoms with Crippen LogP contribution in [0.4, 0.5) is 0 Å². The minimum absolute atomic E-state index is 0.0838. The van der Waals surface area contributed by atoms with E-state index in [-0.39, 0.29) is 29.7 Å². The molecule has 5 nitrogen and oxygen atoms in total. The zero-order valence-corrected chi connectivity index (χ0v) is 29.7. The average Bonchev–Trinajstić information content (AvgIpc) is 3.41. The van der Waals surface area contributed by atoms with Crippen LogP contribution in [-0.2, 0) is 22.4 Å². The number of hydrogen-bond donors (Lipinski definition) is 0. The maximum absolute atomic E-state index is 13.0. The molecule has 0 N–H and O–H groups in total. The van der Waals surface area contributed by atoms with Crippen molar-refractivity contribution in [1.82, 2.24) is 0 Å². The van der Waals surface area contributed by atoms with E-state index >= 15 is 0 Å². The number of esters is 1. The van der Waals surface area contributed by atoms with Crippen molar-refractivity contribution in [2.45, 2.75) is 137 Å². The Labute approximate surface area is 282 Å². The van der Waals surface area contributed by atoms with Crippen molar-refractivity contribution in [3.8, 4) is 5.75 Å². The van der Waals surface area contributed by atoms with Gasteiger partial charge >= 0.3 is 11.6 Å². The minimum Gasteiger partial charge on any atom is -0.482 e. The summed E-state index contributed by atoms with van der Waals surface area (Å²) in [5.41, 5.74) is 4.49. The molecular weight excluding hydrogens is 584 g/mol. The summed E-state index contributed by atoms with van der Waals surface area (Å²) in [4.78, 5) is 25.5. The summed E-state index contributed by atoms with van der Waals surface area (Å²) in [5, 5.41) is 0.976. The molecule has 8 atom stereocenters. The van der Waals surface area contributed by atoms with Crippen molar-refractivity contribution in [3.63, 3.8) is 0 Å². The van der Waals surface area contributed by atoms with E-state index < -0.39 is 0 Å². The lowest BCUT2D eigenvalue weighted by Gasteiger charge is -2.58. The molecule has 2 aromatic rings. The third-order valence-corrected chi connectivity index (χ3v) is 14.1. The first-order chi connectivity index (χ1) is 22.6. The van der Waals surface area contributed by atoms with E-state index in [0.717, 1.165) is 97.0 Å². The van der Waals surface area contributed by atoms with E-state index in [1.807, 2.05) is 12.1 Å². The fraction of sp³-hybridized carbons (Fsp3) is 0.714. The molecule has 0 spiro atoms. The number of hydrogen-bond acceptors (Lipinski definition) is 5. The van der Waals surface area contributed by atoms with Gasteiger partial charge in [-0.2, -0.15) is 0 Å². The molecule has 0 unspecified atom stereocenters. The van der Waals surface area contributed by atoms with Crippen LogP contribution in [0.1, 0.15) is 129 Å². The van der Waals surface area contributed by atoms with Gasteiger partial charge in [0.25, 0.3) is 0 Å². The van der Waals surface area contributed by atoms with E-state index in [4.69, 9.17) is 13.9 Å². The summed E-state index contributed by atoms with van der Waals surface area (Å²) in [6.45, 7) is 12.3. The lowest BCUT2D eigenvalue weighted by atomic mass is 9.47. The molecule has 1 aromatic heterocycles. The second-order valence-electron chi connectivity index (χ2n) is 17.1. The van der Waals surface area contributed by atoms with Gasteiger partial charge in [-0.05, 0) is 135 Å². The third-order valence-electron chi connectivity index (χ3n) is 14.1. The van der Waals surface area contributed by atoms with Crippen LogP contribution in [0.5, 0.6) is 5.75 Å². The first-order valence-corrected chi connectivity index (χ1v) is 19.2. The Balaban J connectivity index is 0.953. The van der Waals surface area contributed by atoms with Crippen molar-refractivity contribution in [1.29, 1.82) is 0 Å². The summed E-state index contributed by atoms with van der Waals surface area (Å²) in [6, 6.07) is 5.57. The highest BCUT2D eigenvalue weighted by Crippen LogP contribution is 2.67. The molecule has 5 aliphatic carbocycles. The van der Waals surface area contributed by atoms with Crippen molar-refractivity contribution in [2.75, 3.05) is 6.61 Å². The molecule has 47 heavy (non-hydrogen) atoms. The lowest BCUT2D eigenvalue weighted by Crippen LogP contribution is -2.51. The third kappa shape index (κ3) is 6.12. The SMILES string of the molecule is CC(C)CCC[C@H](C)[C@H]1CC[C@@H]2[C@H]3CC=C4C[C@H](OC(=O)COc5ccc6c7c(c(=O)oc6c5)CCCC7)CC[C@]4(C)[C@@H]3CC[C@@]21C. The average molecular weight is 643 g/mol. The number of rotatable bonds is 9. The van der Waals surface area contributed by atoms with Crippen molar-refractivity contribution < 1.29 is 18.7 Å². The van der Waals surface area contributed by atoms with Gasteiger partial charge in [0, 0.05) is 23.4 Å². The highest BCUT2D eigenvalue weighted by molar-refractivity contribution is 5.83. The number of aryl methyl sites for hydroxylation is 1. The molecule has 0 bridgehead atoms. The van der Waals surface area contributed by atoms with Crippen molar-refractivity contribution in [3.05, 3.63) is 51.4 Å². The predicted molar refractivity (Wildman–Crippen MR) is 188 cm³/mol. The number of carbonyl (C=O) groups excluding carboxylic acids is 1. The molecule has 5 heteroatoms. The van der Waals surface area contributed by atoms with Crippen LogP contribution in [0.25, 0.3) is 11.0 Å². The molecule has 0 radical (unpaired) electrons. The smallest absolute Gasteiger partial charge is 0.344 e. The Morgan fingerprint density at radius 3 is 2.60 bits per heavy atom. The first kappa shape index (κ1) is 33.0. The fourth-order valence-electron chi connectivity index (χ4n) is 11.6. The van der Waals surface area contributed by atoms with Crippen LogP contribution in [0, 0.1) is 46.3 Å². The van der Waals surface area contributed by atoms with Crippen LogP contribution in [0.2, 0.25) is 0 Å². The highest BCUT2D eigenvalue weighted by atomic mass is 16.6. The largest absolute Gasteiger partial charge is 0.482 e. The van der Waals surface area contributed by atoms with E-state index in [2.05, 4.69) is 40.7 Å². The maximum atomic E-state index is 13.0. The highest BCUT2D eigenvalue weighted by Gasteiger charge is 2.59. The van der Waals surface area contributed by atoms with Gasteiger partial charge in [0.2, 0.25) is 0 Å². The van der Waals surface area contributed by atoms with Gasteiger partial charge in [-0.25, -0.2) is 9.59 Å². The number of allylic oxidation sites excluding steroid dienone is 1. The summed E-state index contributed by atoms with van der Waals surface area (Å²) in [6.07, 6.45) is 20.1. The quantitative estimate of drug-likeness (QED) is 0.155. The van der Waals surface area contributed by atoms with Crippen LogP contribution in [0.3, 0.4) is 0 Å². The van der Waals surface area contributed by atoms with Gasteiger partial charge in [0.15, 0.2) is 6.61 Å². The van der Waals surface area contributed by atoms with Gasteiger partial charge in [0.05, 0.1) is 0 Å². The Morgan fingerprint density at radius 2 is 1.79 bits per heavy atom. The molecule has 256 valence electrons. The zero-order valence-electron chi connectivity index (χ0n) is 29.7. The van der Waals surface area contributed by atoms with Gasteiger partial charge in [-0.3, -0.25) is 0 Å². The standard InChI is InChI=1S/C42H58O5/c1-26(2)9-8-10-27(3)35-17-18-36-34-15-13-28-23-30(19-21-41(28,4)37(34)20-22-42(35,36)5)46-39(43)25-45-29-14-16-32-31-11-6-7-12-33(31)40(44)47-38(32)24-29/h13-14,16,24,26-27,30,34-37H,6-12,15,17-23,25H2,1-5H3/t27-,30+,34+,35+,36+,37+,41-,42+/m0/s1. The molecule has 5 aliphatic rings. The molecule has 3 saturated carbocycles. The van der Waals surface area contributed by atoms with E-state index in [0.29, 0.717) is 16.7 Å². The summed E-state index contributed by atoms with van der Waals surface area (Å²) in [5.74, 6) is 5.15. The number of fused-ring (bicyclic) bond motifs is 8. The van der Waals surface area contributed by atoms with E-state index in [1.165, 1.54) is 56.9 Å². The topological polar surface area (TPSA) is 65.7 Å². The van der Waals surface area contributed by atoms with Crippen LogP contribution < -0.4 is 10.4 Å². The Hall–Kier alpha value is -2.56. The summed E-state index contributed by atoms with van der Waals surface area (Å²) in [7, 11) is 0. The number of carbonyl (C=O) groups is 1. The second-order valence-corrected chi connectivity index (χ2v) is 17.1. The van der Waals surface area contributed by atoms with Crippen molar-refractivity contribution >= 4 is 16.9 Å². The first-order valence-electron chi connectivity index (χ1n) is 19.2. The Morgan fingerprint density at radius 1 is 0.979 bits per heavy atom. The van der Waals surface area contributed by atoms with Gasteiger partial charge in [0.1, 0.15) is 17.4 Å². The molecule has 3 fully saturated rings. The number of ether oxygens (including phenoxy) is 2. The summed E-state index contributed by atoms with van der Waals surface area (Å²) >= 11 is 0. The second kappa shape index (κ2) is 13.0. The number of benzene rings is 1. The molecule has 0 aliphatic heterocycles. The Bertz CT molecular complexity index is 1570. The van der Waals surface area contributed by atoms with Crippen molar-refractivity contribution in [2.24, 2.45) is 46.3 Å². The van der Waals surface area contributed by atoms with Crippen LogP contribution in [0.15, 0.2) is 39.1 Å². The monoisotopic (exact) mass is 642 g/mol. The normalized spacial score (nSPS) is 33.7. The van der Waals surface area contributed by atoms with Crippen LogP contribution >= 0.6 is 0 Å². The predicted octanol–water partition coefficient (Wildman–Crippen LogP) is 10.0. The van der Waals surface area contributed by atoms with Crippen LogP contribution in [-0.4, -0.2) is 18.7 Å². The summed E-state index contributed by atoms with van der Waals surface area (Å²) < 4.78 is 17.5. The Kier molecular flexibility index (Phi) is 9.15. The molecule has 1 aromatic carbocycles. The maximum Gasteiger partial charge on any atom is 0.344 e. The minimum atomic E-state index is -0.326. The van der Waals surface area contributed by atoms with Gasteiger partial charge < -0.3 is 13.9 Å². The molecule has 0 saturated heterocycles. The van der Waals surface area contributed by atoms with Gasteiger partial charge in [-0.1, -0.05) is 65.5 Å². The fourth-order valence-corrected chi connectivity index (χ4v) is 11.6. The lowest BCUT2D eigenvalue weighted by molar-refractivity contribution is -0.153. The molecule has 1 heterocycles. The molecule has 7 rings (SSSR count).